The summed E-state index contributed by atoms with van der Waals surface area (Å²) in [6.07, 6.45) is 3.78. The van der Waals surface area contributed by atoms with Crippen LogP contribution in [0, 0.1) is 6.92 Å². The van der Waals surface area contributed by atoms with Crippen molar-refractivity contribution < 1.29 is 0 Å². The maximum Gasteiger partial charge on any atom is 0.129 e. The van der Waals surface area contributed by atoms with E-state index in [-0.39, 0.29) is 0 Å². The van der Waals surface area contributed by atoms with Gasteiger partial charge in [0.25, 0.3) is 0 Å². The molecule has 18 heavy (non-hydrogen) atoms. The number of fused-ring (bicyclic) bond motifs is 1. The molecule has 3 rings (SSSR count). The number of aromatic nitrogens is 4. The van der Waals surface area contributed by atoms with E-state index in [0.717, 1.165) is 22.5 Å². The van der Waals surface area contributed by atoms with Gasteiger partial charge in [0.1, 0.15) is 5.82 Å². The van der Waals surface area contributed by atoms with Crippen LogP contribution < -0.4 is 0 Å². The summed E-state index contributed by atoms with van der Waals surface area (Å²) in [7, 11) is 1.90. The molecule has 0 saturated carbocycles. The van der Waals surface area contributed by atoms with Crippen molar-refractivity contribution in [2.24, 2.45) is 7.05 Å². The summed E-state index contributed by atoms with van der Waals surface area (Å²) in [5, 5.41) is 4.21. The quantitative estimate of drug-likeness (QED) is 0.664. The van der Waals surface area contributed by atoms with E-state index in [1.54, 1.807) is 4.68 Å². The van der Waals surface area contributed by atoms with Crippen LogP contribution in [0.2, 0.25) is 0 Å². The van der Waals surface area contributed by atoms with Crippen molar-refractivity contribution in [3.63, 3.8) is 0 Å². The minimum Gasteiger partial charge on any atom is -0.292 e. The van der Waals surface area contributed by atoms with E-state index in [2.05, 4.69) is 27.6 Å². The fraction of sp³-hybridized carbons (Fsp3) is 0.231. The second kappa shape index (κ2) is 4.14. The number of benzene rings is 1. The number of halogens is 1. The molecular formula is C13H13ClN4. The highest BCUT2D eigenvalue weighted by Gasteiger charge is 2.14. The minimum absolute atomic E-state index is 0.378. The molecule has 3 aromatic rings. The van der Waals surface area contributed by atoms with Crippen LogP contribution >= 0.6 is 11.6 Å². The summed E-state index contributed by atoms with van der Waals surface area (Å²) < 4.78 is 3.85. The van der Waals surface area contributed by atoms with E-state index < -0.39 is 0 Å². The predicted octanol–water partition coefficient (Wildman–Crippen LogP) is 2.81. The van der Waals surface area contributed by atoms with Crippen molar-refractivity contribution in [1.82, 2.24) is 19.3 Å². The average Bonchev–Trinajstić information content (AvgIpc) is 2.92. The highest BCUT2D eigenvalue weighted by molar-refractivity contribution is 6.17. The molecule has 0 bridgehead atoms. The van der Waals surface area contributed by atoms with Gasteiger partial charge in [0.05, 0.1) is 28.8 Å². The zero-order valence-electron chi connectivity index (χ0n) is 10.3. The van der Waals surface area contributed by atoms with E-state index in [1.807, 2.05) is 31.6 Å². The molecule has 2 aromatic heterocycles. The van der Waals surface area contributed by atoms with Gasteiger partial charge in [0.2, 0.25) is 0 Å². The second-order valence-corrected chi connectivity index (χ2v) is 4.58. The van der Waals surface area contributed by atoms with Crippen molar-refractivity contribution in [3.8, 4) is 5.69 Å². The third-order valence-corrected chi connectivity index (χ3v) is 3.26. The molecule has 4 nitrogen and oxygen atoms in total. The molecule has 5 heteroatoms. The smallest absolute Gasteiger partial charge is 0.129 e. The van der Waals surface area contributed by atoms with Crippen LogP contribution in [-0.4, -0.2) is 19.3 Å². The van der Waals surface area contributed by atoms with Gasteiger partial charge in [-0.1, -0.05) is 12.1 Å². The molecule has 0 saturated heterocycles. The summed E-state index contributed by atoms with van der Waals surface area (Å²) in [6.45, 7) is 2.08. The van der Waals surface area contributed by atoms with E-state index in [4.69, 9.17) is 11.6 Å². The summed E-state index contributed by atoms with van der Waals surface area (Å²) in [6, 6.07) is 6.09. The summed E-state index contributed by atoms with van der Waals surface area (Å²) in [4.78, 5) is 4.57. The van der Waals surface area contributed by atoms with E-state index in [9.17, 15) is 0 Å². The molecule has 0 aliphatic heterocycles. The number of para-hydroxylation sites is 1. The predicted molar refractivity (Wildman–Crippen MR) is 72.1 cm³/mol. The Morgan fingerprint density at radius 3 is 2.83 bits per heavy atom. The van der Waals surface area contributed by atoms with Gasteiger partial charge in [-0.15, -0.1) is 11.6 Å². The van der Waals surface area contributed by atoms with E-state index >= 15 is 0 Å². The van der Waals surface area contributed by atoms with Crippen LogP contribution in [0.1, 0.15) is 11.4 Å². The highest BCUT2D eigenvalue weighted by atomic mass is 35.5. The van der Waals surface area contributed by atoms with Crippen molar-refractivity contribution in [2.75, 3.05) is 0 Å². The second-order valence-electron chi connectivity index (χ2n) is 4.31. The van der Waals surface area contributed by atoms with Gasteiger partial charge in [-0.2, -0.15) is 5.10 Å². The maximum atomic E-state index is 6.00. The number of imidazole rings is 1. The normalized spacial score (nSPS) is 11.3. The molecule has 0 N–H and O–H groups in total. The van der Waals surface area contributed by atoms with E-state index in [0.29, 0.717) is 5.88 Å². The Hall–Kier alpha value is -1.81. The van der Waals surface area contributed by atoms with Crippen LogP contribution in [0.4, 0.5) is 0 Å². The van der Waals surface area contributed by atoms with Gasteiger partial charge in [0.15, 0.2) is 0 Å². The van der Waals surface area contributed by atoms with Gasteiger partial charge in [-0.25, -0.2) is 4.98 Å². The Labute approximate surface area is 110 Å². The number of alkyl halides is 1. The Bertz CT molecular complexity index is 711. The number of nitrogens with zero attached hydrogens (tertiary/aromatic N) is 4. The number of hydrogen-bond acceptors (Lipinski definition) is 2. The number of aryl methyl sites for hydroxylation is 2. The standard InChI is InChI=1S/C13H13ClN4/c1-9-4-3-5-11-13(9)18(12(6-14)16-11)10-7-15-17(2)8-10/h3-5,7-8H,6H2,1-2H3. The van der Waals surface area contributed by atoms with Crippen LogP contribution in [-0.2, 0) is 12.9 Å². The van der Waals surface area contributed by atoms with Gasteiger partial charge < -0.3 is 0 Å². The van der Waals surface area contributed by atoms with Gasteiger partial charge >= 0.3 is 0 Å². The molecule has 0 spiro atoms. The molecule has 1 aromatic carbocycles. The molecule has 0 radical (unpaired) electrons. The number of hydrogen-bond donors (Lipinski definition) is 0. The van der Waals surface area contributed by atoms with Crippen molar-refractivity contribution in [1.29, 1.82) is 0 Å². The Morgan fingerprint density at radius 1 is 1.33 bits per heavy atom. The fourth-order valence-electron chi connectivity index (χ4n) is 2.23. The Kier molecular flexibility index (Phi) is 2.59. The first-order valence-corrected chi connectivity index (χ1v) is 6.26. The highest BCUT2D eigenvalue weighted by Crippen LogP contribution is 2.24. The molecule has 0 unspecified atom stereocenters. The first-order valence-electron chi connectivity index (χ1n) is 5.72. The van der Waals surface area contributed by atoms with Crippen LogP contribution in [0.15, 0.2) is 30.6 Å². The lowest BCUT2D eigenvalue weighted by Gasteiger charge is -2.05. The number of rotatable bonds is 2. The van der Waals surface area contributed by atoms with E-state index in [1.165, 1.54) is 5.56 Å². The topological polar surface area (TPSA) is 35.6 Å². The summed E-state index contributed by atoms with van der Waals surface area (Å²) >= 11 is 6.00. The lowest BCUT2D eigenvalue weighted by molar-refractivity contribution is 0.767. The first kappa shape index (κ1) is 11.3. The van der Waals surface area contributed by atoms with Gasteiger partial charge in [0, 0.05) is 13.2 Å². The van der Waals surface area contributed by atoms with Crippen LogP contribution in [0.5, 0.6) is 0 Å². The van der Waals surface area contributed by atoms with Gasteiger partial charge in [-0.3, -0.25) is 9.25 Å². The largest absolute Gasteiger partial charge is 0.292 e. The van der Waals surface area contributed by atoms with Crippen LogP contribution in [0.3, 0.4) is 0 Å². The zero-order chi connectivity index (χ0) is 12.7. The first-order chi connectivity index (χ1) is 8.70. The van der Waals surface area contributed by atoms with Crippen molar-refractivity contribution in [2.45, 2.75) is 12.8 Å². The molecule has 0 aliphatic carbocycles. The Balaban J connectivity index is 2.38. The summed E-state index contributed by atoms with van der Waals surface area (Å²) in [5.74, 6) is 1.22. The zero-order valence-corrected chi connectivity index (χ0v) is 11.0. The molecular weight excluding hydrogens is 248 g/mol. The maximum absolute atomic E-state index is 6.00. The molecule has 2 heterocycles. The lowest BCUT2D eigenvalue weighted by Crippen LogP contribution is -1.99. The SMILES string of the molecule is Cc1cccc2nc(CCl)n(-c3cnn(C)c3)c12. The molecule has 0 aliphatic rings. The molecule has 0 amide bonds. The fourth-order valence-corrected chi connectivity index (χ4v) is 2.41. The minimum atomic E-state index is 0.378. The molecule has 0 fully saturated rings. The van der Waals surface area contributed by atoms with Crippen molar-refractivity contribution in [3.05, 3.63) is 42.0 Å². The molecule has 92 valence electrons. The third-order valence-electron chi connectivity index (χ3n) is 3.02. The molecule has 0 atom stereocenters. The van der Waals surface area contributed by atoms with Crippen LogP contribution in [0.25, 0.3) is 16.7 Å². The monoisotopic (exact) mass is 260 g/mol. The van der Waals surface area contributed by atoms with Crippen molar-refractivity contribution >= 4 is 22.6 Å². The average molecular weight is 261 g/mol. The summed E-state index contributed by atoms with van der Waals surface area (Å²) in [5.41, 5.74) is 4.24. The van der Waals surface area contributed by atoms with Gasteiger partial charge in [-0.05, 0) is 18.6 Å². The third kappa shape index (κ3) is 1.61. The lowest BCUT2D eigenvalue weighted by atomic mass is 10.2. The Morgan fingerprint density at radius 2 is 2.17 bits per heavy atom.